The van der Waals surface area contributed by atoms with Gasteiger partial charge in [-0.15, -0.1) is 0 Å². The van der Waals surface area contributed by atoms with Crippen molar-refractivity contribution in [2.45, 2.75) is 20.4 Å². The maximum atomic E-state index is 12.8. The maximum Gasteiger partial charge on any atom is 0.519 e. The molecule has 8 heteroatoms. The number of amides is 1. The van der Waals surface area contributed by atoms with Gasteiger partial charge in [-0.05, 0) is 43.7 Å². The van der Waals surface area contributed by atoms with Crippen LogP contribution in [0, 0.1) is 6.92 Å². The van der Waals surface area contributed by atoms with E-state index in [0.717, 1.165) is 5.56 Å². The van der Waals surface area contributed by atoms with E-state index >= 15 is 0 Å². The maximum absolute atomic E-state index is 12.8. The Balaban J connectivity index is 1.75. The number of aromatic nitrogens is 2. The van der Waals surface area contributed by atoms with Crippen LogP contribution in [0.1, 0.15) is 28.7 Å². The smallest absolute Gasteiger partial charge is 0.490 e. The van der Waals surface area contributed by atoms with E-state index < -0.39 is 5.97 Å². The number of carboxylic acids is 1. The molecule has 0 aliphatic rings. The predicted octanol–water partition coefficient (Wildman–Crippen LogP) is 2.41. The van der Waals surface area contributed by atoms with Crippen molar-refractivity contribution >= 4 is 17.5 Å². The monoisotopic (exact) mass is 384 g/mol. The van der Waals surface area contributed by atoms with Crippen molar-refractivity contribution in [3.8, 4) is 11.5 Å². The minimum atomic E-state index is -0.798. The summed E-state index contributed by atoms with van der Waals surface area (Å²) in [6.45, 7) is 4.16. The fourth-order valence-electron chi connectivity index (χ4n) is 2.86. The first kappa shape index (κ1) is 19.2. The highest BCUT2D eigenvalue weighted by Crippen LogP contribution is 2.22. The van der Waals surface area contributed by atoms with Crippen molar-refractivity contribution in [3.63, 3.8) is 0 Å². The zero-order chi connectivity index (χ0) is 20.1. The van der Waals surface area contributed by atoms with Crippen LogP contribution in [0.15, 0.2) is 42.6 Å². The van der Waals surface area contributed by atoms with E-state index in [1.165, 1.54) is 0 Å². The molecule has 3 N–H and O–H groups in total. The van der Waals surface area contributed by atoms with Gasteiger partial charge in [-0.3, -0.25) is 9.20 Å². The summed E-state index contributed by atoms with van der Waals surface area (Å²) in [5.74, 6) is 0.0418. The lowest BCUT2D eigenvalue weighted by Crippen LogP contribution is -2.25. The van der Waals surface area contributed by atoms with Gasteiger partial charge in [0.05, 0.1) is 12.3 Å². The minimum absolute atomic E-state index is 0.258. The van der Waals surface area contributed by atoms with Crippen molar-refractivity contribution in [1.29, 1.82) is 0 Å². The first-order valence-electron chi connectivity index (χ1n) is 8.83. The number of aliphatic hydroxyl groups excluding tert-OH is 1. The Morgan fingerprint density at radius 2 is 2.11 bits per heavy atom. The summed E-state index contributed by atoms with van der Waals surface area (Å²) in [4.78, 5) is 26.0. The first-order chi connectivity index (χ1) is 13.5. The van der Waals surface area contributed by atoms with E-state index in [1.807, 2.05) is 25.1 Å². The van der Waals surface area contributed by atoms with E-state index in [0.29, 0.717) is 35.1 Å². The lowest BCUT2D eigenvalue weighted by atomic mass is 10.2. The van der Waals surface area contributed by atoms with Gasteiger partial charge in [0.15, 0.2) is 11.4 Å². The van der Waals surface area contributed by atoms with Gasteiger partial charge in [0.2, 0.25) is 6.61 Å². The Morgan fingerprint density at radius 1 is 1.29 bits per heavy atom. The standard InChI is InChI=1S/C20H21N3O5/c1-3-27-16-8-5-9-23-18(13(2)22-19(16)23)20(26)21-11-14-6-4-7-15(10-14)28-12-17(24)25/h4-10H,3,11-12H2,1-2H3,(H,21,26)(H,24,25)/p+1. The van der Waals surface area contributed by atoms with Gasteiger partial charge in [0, 0.05) is 12.7 Å². The highest BCUT2D eigenvalue weighted by Gasteiger charge is 2.18. The van der Waals surface area contributed by atoms with Crippen LogP contribution in [0.3, 0.4) is 0 Å². The van der Waals surface area contributed by atoms with E-state index in [9.17, 15) is 4.79 Å². The molecule has 0 radical (unpaired) electrons. The van der Waals surface area contributed by atoms with Gasteiger partial charge in [-0.1, -0.05) is 12.1 Å². The number of nitrogens with zero attached hydrogens (tertiary/aromatic N) is 2. The fourth-order valence-corrected chi connectivity index (χ4v) is 2.86. The minimum Gasteiger partial charge on any atom is -0.490 e. The van der Waals surface area contributed by atoms with E-state index in [2.05, 4.69) is 10.3 Å². The summed E-state index contributed by atoms with van der Waals surface area (Å²) in [5, 5.41) is 11.7. The van der Waals surface area contributed by atoms with Gasteiger partial charge in [0.1, 0.15) is 11.4 Å². The number of fused-ring (bicyclic) bond motifs is 1. The summed E-state index contributed by atoms with van der Waals surface area (Å²) in [6, 6.07) is 10.6. The molecule has 0 aliphatic heterocycles. The number of carbonyl (C=O) groups excluding carboxylic acids is 1. The second kappa shape index (κ2) is 8.43. The molecule has 1 aromatic carbocycles. The Kier molecular flexibility index (Phi) is 5.78. The lowest BCUT2D eigenvalue weighted by Gasteiger charge is -2.09. The summed E-state index contributed by atoms with van der Waals surface area (Å²) >= 11 is 0. The normalized spacial score (nSPS) is 10.6. The van der Waals surface area contributed by atoms with Crippen molar-refractivity contribution in [2.24, 2.45) is 0 Å². The number of carbonyl (C=O) groups is 1. The van der Waals surface area contributed by atoms with E-state index in [4.69, 9.17) is 19.4 Å². The number of aliphatic carboxylic acids is 1. The van der Waals surface area contributed by atoms with Gasteiger partial charge < -0.3 is 24.7 Å². The SMILES string of the molecule is CCOc1cccn2c(C(=O)NCc3cccc(OCC(O)=[OH+])c3)c(C)nc12. The number of hydrogen-bond acceptors (Lipinski definition) is 4. The van der Waals surface area contributed by atoms with Crippen molar-refractivity contribution in [1.82, 2.24) is 14.7 Å². The Morgan fingerprint density at radius 3 is 2.86 bits per heavy atom. The van der Waals surface area contributed by atoms with E-state index in [1.54, 1.807) is 35.7 Å². The number of aryl methyl sites for hydroxylation is 1. The third-order valence-electron chi connectivity index (χ3n) is 4.02. The number of pyridine rings is 1. The van der Waals surface area contributed by atoms with Gasteiger partial charge in [-0.2, -0.15) is 0 Å². The Bertz CT molecular complexity index is 1010. The molecule has 0 saturated heterocycles. The molecule has 8 nitrogen and oxygen atoms in total. The number of rotatable bonds is 8. The average molecular weight is 384 g/mol. The third-order valence-corrected chi connectivity index (χ3v) is 4.02. The molecule has 0 bridgehead atoms. The molecule has 0 aliphatic carbocycles. The number of carboxylic acid groups (broad SMARTS) is 1. The number of imidazole rings is 1. The van der Waals surface area contributed by atoms with E-state index in [-0.39, 0.29) is 19.1 Å². The van der Waals surface area contributed by atoms with Crippen LogP contribution in [0.5, 0.6) is 11.5 Å². The molecule has 3 rings (SSSR count). The van der Waals surface area contributed by atoms with Crippen LogP contribution in [-0.4, -0.2) is 44.4 Å². The molecule has 0 saturated carbocycles. The summed E-state index contributed by atoms with van der Waals surface area (Å²) in [6.07, 6.45) is 1.78. The molecular weight excluding hydrogens is 362 g/mol. The summed E-state index contributed by atoms with van der Waals surface area (Å²) < 4.78 is 12.5. The number of benzene rings is 1. The predicted molar refractivity (Wildman–Crippen MR) is 104 cm³/mol. The molecule has 1 amide bonds. The van der Waals surface area contributed by atoms with Crippen LogP contribution in [0.2, 0.25) is 0 Å². The molecule has 2 aromatic heterocycles. The number of nitrogens with one attached hydrogen (secondary N) is 1. The number of ether oxygens (including phenoxy) is 2. The zero-order valence-electron chi connectivity index (χ0n) is 15.7. The zero-order valence-corrected chi connectivity index (χ0v) is 15.7. The van der Waals surface area contributed by atoms with Gasteiger partial charge in [-0.25, -0.2) is 4.98 Å². The quantitative estimate of drug-likeness (QED) is 0.580. The van der Waals surface area contributed by atoms with Crippen LogP contribution >= 0.6 is 0 Å². The molecule has 0 fully saturated rings. The van der Waals surface area contributed by atoms with Crippen molar-refractivity contribution in [3.05, 3.63) is 59.5 Å². The van der Waals surface area contributed by atoms with Crippen LogP contribution < -0.4 is 14.8 Å². The number of hydrogen-bond donors (Lipinski definition) is 2. The molecule has 2 heterocycles. The van der Waals surface area contributed by atoms with Crippen LogP contribution in [-0.2, 0) is 6.54 Å². The second-order valence-corrected chi connectivity index (χ2v) is 6.08. The molecule has 0 unspecified atom stereocenters. The average Bonchev–Trinajstić information content (AvgIpc) is 3.02. The second-order valence-electron chi connectivity index (χ2n) is 6.08. The van der Waals surface area contributed by atoms with Gasteiger partial charge in [0.25, 0.3) is 5.91 Å². The largest absolute Gasteiger partial charge is 0.519 e. The summed E-state index contributed by atoms with van der Waals surface area (Å²) in [7, 11) is 0. The van der Waals surface area contributed by atoms with Gasteiger partial charge >= 0.3 is 5.97 Å². The fraction of sp³-hybridized carbons (Fsp3) is 0.250. The highest BCUT2D eigenvalue weighted by molar-refractivity contribution is 5.94. The van der Waals surface area contributed by atoms with Crippen molar-refractivity contribution in [2.75, 3.05) is 13.2 Å². The molecule has 28 heavy (non-hydrogen) atoms. The lowest BCUT2D eigenvalue weighted by molar-refractivity contribution is 0.0944. The van der Waals surface area contributed by atoms with Crippen LogP contribution in [0.25, 0.3) is 5.65 Å². The third kappa shape index (κ3) is 4.22. The Labute approximate surface area is 161 Å². The molecule has 3 aromatic rings. The molecule has 146 valence electrons. The highest BCUT2D eigenvalue weighted by atomic mass is 16.5. The topological polar surface area (TPSA) is 106 Å². The first-order valence-corrected chi connectivity index (χ1v) is 8.83. The molecule has 0 spiro atoms. The molecule has 0 atom stereocenters. The Hall–Kier alpha value is -3.55. The van der Waals surface area contributed by atoms with Crippen molar-refractivity contribution < 1.29 is 24.2 Å². The summed E-state index contributed by atoms with van der Waals surface area (Å²) in [5.41, 5.74) is 2.46. The molecular formula is C20H22N3O5+. The van der Waals surface area contributed by atoms with Crippen LogP contribution in [0.4, 0.5) is 0 Å².